The van der Waals surface area contributed by atoms with Crippen LogP contribution in [0.15, 0.2) is 24.3 Å². The van der Waals surface area contributed by atoms with Crippen LogP contribution in [0, 0.1) is 6.92 Å². The predicted molar refractivity (Wildman–Crippen MR) is 82.9 cm³/mol. The van der Waals surface area contributed by atoms with E-state index in [2.05, 4.69) is 21.8 Å². The molecular formula is C16H21N3O2. The van der Waals surface area contributed by atoms with Gasteiger partial charge in [-0.3, -0.25) is 0 Å². The average Bonchev–Trinajstić information content (AvgIpc) is 2.48. The Hall–Kier alpha value is -2.30. The molecule has 1 aromatic heterocycles. The fraction of sp³-hybridized carbons (Fsp3) is 0.375. The number of hydrogen-bond donors (Lipinski definition) is 1. The van der Waals surface area contributed by atoms with Crippen LogP contribution in [0.5, 0.6) is 11.5 Å². The van der Waals surface area contributed by atoms with E-state index in [1.165, 1.54) is 0 Å². The summed E-state index contributed by atoms with van der Waals surface area (Å²) in [6, 6.07) is 7.36. The summed E-state index contributed by atoms with van der Waals surface area (Å²) in [5.41, 5.74) is 2.08. The first kappa shape index (κ1) is 15.1. The summed E-state index contributed by atoms with van der Waals surface area (Å²) in [7, 11) is 3.53. The summed E-state index contributed by atoms with van der Waals surface area (Å²) in [5.74, 6) is 2.30. The number of rotatable bonds is 5. The smallest absolute Gasteiger partial charge is 0.160 e. The Bertz CT molecular complexity index is 629. The maximum atomic E-state index is 9.63. The second-order valence-corrected chi connectivity index (χ2v) is 4.98. The van der Waals surface area contributed by atoms with Crippen molar-refractivity contribution in [2.45, 2.75) is 26.8 Å². The fourth-order valence-electron chi connectivity index (χ4n) is 2.16. The van der Waals surface area contributed by atoms with Gasteiger partial charge in [-0.2, -0.15) is 0 Å². The molecule has 0 saturated carbocycles. The number of benzene rings is 1. The number of phenols is 1. The van der Waals surface area contributed by atoms with Gasteiger partial charge in [0.05, 0.1) is 7.11 Å². The minimum Gasteiger partial charge on any atom is -0.504 e. The molecule has 5 heteroatoms. The number of aromatic hydroxyl groups is 1. The third-order valence-corrected chi connectivity index (χ3v) is 3.29. The minimum absolute atomic E-state index is 0.148. The van der Waals surface area contributed by atoms with Crippen LogP contribution in [0.1, 0.15) is 24.0 Å². The summed E-state index contributed by atoms with van der Waals surface area (Å²) in [6.07, 6.45) is 0.886. The molecule has 0 aliphatic rings. The van der Waals surface area contributed by atoms with Gasteiger partial charge >= 0.3 is 0 Å². The molecule has 1 heterocycles. The van der Waals surface area contributed by atoms with Gasteiger partial charge in [-0.05, 0) is 31.0 Å². The number of nitrogens with zero attached hydrogens (tertiary/aromatic N) is 3. The zero-order chi connectivity index (χ0) is 15.4. The van der Waals surface area contributed by atoms with Crippen molar-refractivity contribution in [1.82, 2.24) is 9.97 Å². The van der Waals surface area contributed by atoms with E-state index >= 15 is 0 Å². The van der Waals surface area contributed by atoms with E-state index in [-0.39, 0.29) is 5.75 Å². The normalized spacial score (nSPS) is 10.5. The van der Waals surface area contributed by atoms with Crippen LogP contribution in [0.3, 0.4) is 0 Å². The van der Waals surface area contributed by atoms with Crippen LogP contribution in [-0.4, -0.2) is 29.2 Å². The van der Waals surface area contributed by atoms with E-state index in [4.69, 9.17) is 4.74 Å². The van der Waals surface area contributed by atoms with Crippen LogP contribution in [0.25, 0.3) is 0 Å². The highest BCUT2D eigenvalue weighted by Gasteiger charge is 2.09. The van der Waals surface area contributed by atoms with E-state index in [9.17, 15) is 5.11 Å². The van der Waals surface area contributed by atoms with Gasteiger partial charge in [0.25, 0.3) is 0 Å². The van der Waals surface area contributed by atoms with Gasteiger partial charge in [0.2, 0.25) is 0 Å². The molecule has 112 valence electrons. The van der Waals surface area contributed by atoms with Crippen molar-refractivity contribution in [3.63, 3.8) is 0 Å². The number of phenolic OH excluding ortho intramolecular Hbond substituents is 1. The highest BCUT2D eigenvalue weighted by atomic mass is 16.5. The maximum absolute atomic E-state index is 9.63. The van der Waals surface area contributed by atoms with Crippen LogP contribution < -0.4 is 9.64 Å². The van der Waals surface area contributed by atoms with E-state index in [0.717, 1.165) is 29.3 Å². The molecule has 2 rings (SSSR count). The third kappa shape index (κ3) is 3.62. The number of hydrogen-bond acceptors (Lipinski definition) is 5. The predicted octanol–water partition coefficient (Wildman–Crippen LogP) is 2.70. The molecule has 0 unspecified atom stereocenters. The van der Waals surface area contributed by atoms with Crippen molar-refractivity contribution in [1.29, 1.82) is 0 Å². The molecule has 21 heavy (non-hydrogen) atoms. The van der Waals surface area contributed by atoms with Crippen molar-refractivity contribution >= 4 is 5.82 Å². The molecule has 0 aliphatic carbocycles. The first-order valence-corrected chi connectivity index (χ1v) is 6.95. The Kier molecular flexibility index (Phi) is 4.62. The molecule has 0 spiro atoms. The second kappa shape index (κ2) is 6.43. The lowest BCUT2D eigenvalue weighted by Crippen LogP contribution is -2.18. The van der Waals surface area contributed by atoms with Gasteiger partial charge < -0.3 is 14.7 Å². The van der Waals surface area contributed by atoms with Crippen LogP contribution in [0.4, 0.5) is 5.82 Å². The zero-order valence-corrected chi connectivity index (χ0v) is 12.9. The van der Waals surface area contributed by atoms with E-state index in [1.54, 1.807) is 13.2 Å². The molecule has 0 fully saturated rings. The first-order chi connectivity index (χ1) is 10.0. The maximum Gasteiger partial charge on any atom is 0.160 e. The quantitative estimate of drug-likeness (QED) is 0.916. The van der Waals surface area contributed by atoms with E-state index in [0.29, 0.717) is 12.3 Å². The number of anilines is 1. The average molecular weight is 287 g/mol. The van der Waals surface area contributed by atoms with Gasteiger partial charge in [0, 0.05) is 25.4 Å². The highest BCUT2D eigenvalue weighted by Crippen LogP contribution is 2.27. The Labute approximate surface area is 125 Å². The molecule has 0 bridgehead atoms. The molecule has 0 amide bonds. The summed E-state index contributed by atoms with van der Waals surface area (Å²) in [5, 5.41) is 9.63. The highest BCUT2D eigenvalue weighted by molar-refractivity contribution is 5.45. The lowest BCUT2D eigenvalue weighted by Gasteiger charge is -2.19. The molecular weight excluding hydrogens is 266 g/mol. The van der Waals surface area contributed by atoms with Gasteiger partial charge in [0.15, 0.2) is 11.5 Å². The number of ether oxygens (including phenoxy) is 1. The van der Waals surface area contributed by atoms with Crippen molar-refractivity contribution in [2.24, 2.45) is 0 Å². The lowest BCUT2D eigenvalue weighted by molar-refractivity contribution is 0.373. The number of aryl methyl sites for hydroxylation is 2. The van der Waals surface area contributed by atoms with Crippen molar-refractivity contribution in [2.75, 3.05) is 19.1 Å². The zero-order valence-electron chi connectivity index (χ0n) is 12.9. The summed E-state index contributed by atoms with van der Waals surface area (Å²) in [4.78, 5) is 10.9. The fourth-order valence-corrected chi connectivity index (χ4v) is 2.16. The van der Waals surface area contributed by atoms with Gasteiger partial charge in [-0.25, -0.2) is 9.97 Å². The number of aromatic nitrogens is 2. The molecule has 1 aromatic carbocycles. The van der Waals surface area contributed by atoms with Crippen LogP contribution in [0.2, 0.25) is 0 Å². The molecule has 0 radical (unpaired) electrons. The van der Waals surface area contributed by atoms with Crippen LogP contribution in [-0.2, 0) is 13.0 Å². The van der Waals surface area contributed by atoms with Gasteiger partial charge in [-0.1, -0.05) is 13.0 Å². The second-order valence-electron chi connectivity index (χ2n) is 4.98. The Balaban J connectivity index is 2.21. The van der Waals surface area contributed by atoms with Crippen molar-refractivity contribution < 1.29 is 9.84 Å². The third-order valence-electron chi connectivity index (χ3n) is 3.29. The molecule has 2 aromatic rings. The van der Waals surface area contributed by atoms with Gasteiger partial charge in [-0.15, -0.1) is 0 Å². The first-order valence-electron chi connectivity index (χ1n) is 6.95. The molecule has 0 saturated heterocycles. The van der Waals surface area contributed by atoms with E-state index < -0.39 is 0 Å². The van der Waals surface area contributed by atoms with Crippen LogP contribution >= 0.6 is 0 Å². The lowest BCUT2D eigenvalue weighted by atomic mass is 10.2. The Morgan fingerprint density at radius 2 is 2.00 bits per heavy atom. The minimum atomic E-state index is 0.148. The molecule has 5 nitrogen and oxygen atoms in total. The van der Waals surface area contributed by atoms with Crippen molar-refractivity contribution in [3.05, 3.63) is 41.3 Å². The standard InChI is InChI=1S/C16H21N3O2/c1-5-13-9-16(18-11(2)17-13)19(3)10-12-6-7-14(20)15(8-12)21-4/h6-9,20H,5,10H2,1-4H3. The molecule has 0 atom stereocenters. The summed E-state index contributed by atoms with van der Waals surface area (Å²) in [6.45, 7) is 4.66. The largest absolute Gasteiger partial charge is 0.504 e. The van der Waals surface area contributed by atoms with Gasteiger partial charge in [0.1, 0.15) is 11.6 Å². The van der Waals surface area contributed by atoms with E-state index in [1.807, 2.05) is 32.2 Å². The SMILES string of the molecule is CCc1cc(N(C)Cc2ccc(O)c(OC)c2)nc(C)n1. The summed E-state index contributed by atoms with van der Waals surface area (Å²) >= 11 is 0. The molecule has 0 aliphatic heterocycles. The monoisotopic (exact) mass is 287 g/mol. The Morgan fingerprint density at radius 3 is 2.67 bits per heavy atom. The number of methoxy groups -OCH3 is 1. The summed E-state index contributed by atoms with van der Waals surface area (Å²) < 4.78 is 5.13. The Morgan fingerprint density at radius 1 is 1.24 bits per heavy atom. The topological polar surface area (TPSA) is 58.5 Å². The molecule has 1 N–H and O–H groups in total. The van der Waals surface area contributed by atoms with Crippen molar-refractivity contribution in [3.8, 4) is 11.5 Å².